The Hall–Kier alpha value is -2.67. The molecule has 100 valence electrons. The molecule has 0 aromatic carbocycles. The molecule has 0 saturated carbocycles. The Kier molecular flexibility index (Phi) is 3.18. The minimum atomic E-state index is -0.452. The van der Waals surface area contributed by atoms with E-state index < -0.39 is 6.03 Å². The number of nitrogens with one attached hydrogen (secondary N) is 2. The number of hydrogen-bond acceptors (Lipinski definition) is 4. The van der Waals surface area contributed by atoms with Gasteiger partial charge in [0.2, 0.25) is 5.95 Å². The molecule has 0 atom stereocenters. The molecule has 3 heterocycles. The number of halogens is 1. The Bertz CT molecular complexity index is 757. The second-order valence-corrected chi connectivity index (χ2v) is 4.27. The molecule has 20 heavy (non-hydrogen) atoms. The number of amides is 2. The molecule has 7 nitrogen and oxygen atoms in total. The summed E-state index contributed by atoms with van der Waals surface area (Å²) in [5.74, 6) is 0.243. The predicted molar refractivity (Wildman–Crippen MR) is 74.9 cm³/mol. The lowest BCUT2D eigenvalue weighted by Crippen LogP contribution is -2.21. The molecule has 0 saturated heterocycles. The first kappa shape index (κ1) is 12.4. The van der Waals surface area contributed by atoms with E-state index in [0.29, 0.717) is 16.5 Å². The van der Waals surface area contributed by atoms with E-state index in [2.05, 4.69) is 25.8 Å². The van der Waals surface area contributed by atoms with E-state index in [0.717, 1.165) is 0 Å². The van der Waals surface area contributed by atoms with Gasteiger partial charge >= 0.3 is 6.03 Å². The summed E-state index contributed by atoms with van der Waals surface area (Å²) in [6, 6.07) is 8.17. The summed E-state index contributed by atoms with van der Waals surface area (Å²) in [5, 5.41) is 13.4. The van der Waals surface area contributed by atoms with Gasteiger partial charge in [-0.15, -0.1) is 10.2 Å². The first-order valence-electron chi connectivity index (χ1n) is 5.72. The lowest BCUT2D eigenvalue weighted by molar-refractivity contribution is 0.262. The largest absolute Gasteiger partial charge is 0.326 e. The van der Waals surface area contributed by atoms with Gasteiger partial charge in [-0.25, -0.2) is 4.79 Å². The van der Waals surface area contributed by atoms with Crippen molar-refractivity contribution in [2.24, 2.45) is 0 Å². The fraction of sp³-hybridized carbons (Fsp3) is 0. The molecule has 2 amide bonds. The third-order valence-electron chi connectivity index (χ3n) is 2.53. The fourth-order valence-electron chi connectivity index (χ4n) is 1.68. The van der Waals surface area contributed by atoms with Gasteiger partial charge in [0, 0.05) is 6.20 Å². The van der Waals surface area contributed by atoms with Crippen LogP contribution < -0.4 is 10.6 Å². The van der Waals surface area contributed by atoms with Gasteiger partial charge in [-0.05, 0) is 24.3 Å². The van der Waals surface area contributed by atoms with Gasteiger partial charge in [0.05, 0.1) is 11.9 Å². The van der Waals surface area contributed by atoms with Crippen molar-refractivity contribution in [1.82, 2.24) is 19.6 Å². The van der Waals surface area contributed by atoms with Crippen LogP contribution in [0.25, 0.3) is 5.65 Å². The molecule has 0 spiro atoms. The Morgan fingerprint density at radius 2 is 2.05 bits per heavy atom. The standard InChI is InChI=1S/C12H9ClN6O/c13-9-4-1-5-10-17-18-11(19(9)10)16-12(20)15-8-3-2-6-14-7-8/h1-7H,(H2,15,16,18,20). The van der Waals surface area contributed by atoms with Gasteiger partial charge in [0.1, 0.15) is 5.15 Å². The number of aromatic nitrogens is 4. The number of pyridine rings is 2. The first-order valence-corrected chi connectivity index (χ1v) is 6.09. The van der Waals surface area contributed by atoms with E-state index in [9.17, 15) is 4.79 Å². The molecule has 0 bridgehead atoms. The fourth-order valence-corrected chi connectivity index (χ4v) is 1.92. The Labute approximate surface area is 118 Å². The minimum absolute atomic E-state index is 0.243. The van der Waals surface area contributed by atoms with Gasteiger partial charge in [-0.1, -0.05) is 17.7 Å². The lowest BCUT2D eigenvalue weighted by Gasteiger charge is -2.06. The van der Waals surface area contributed by atoms with E-state index in [1.54, 1.807) is 36.5 Å². The van der Waals surface area contributed by atoms with Crippen LogP contribution >= 0.6 is 11.6 Å². The molecule has 0 unspecified atom stereocenters. The van der Waals surface area contributed by atoms with Crippen molar-refractivity contribution in [1.29, 1.82) is 0 Å². The highest BCUT2D eigenvalue weighted by atomic mass is 35.5. The Balaban J connectivity index is 1.81. The highest BCUT2D eigenvalue weighted by Crippen LogP contribution is 2.16. The molecule has 0 aliphatic carbocycles. The van der Waals surface area contributed by atoms with Gasteiger partial charge in [-0.3, -0.25) is 14.7 Å². The third-order valence-corrected chi connectivity index (χ3v) is 2.82. The molecule has 3 aromatic rings. The minimum Gasteiger partial charge on any atom is -0.306 e. The zero-order valence-electron chi connectivity index (χ0n) is 10.1. The summed E-state index contributed by atoms with van der Waals surface area (Å²) in [4.78, 5) is 15.8. The summed E-state index contributed by atoms with van der Waals surface area (Å²) in [6.07, 6.45) is 3.16. The number of urea groups is 1. The van der Waals surface area contributed by atoms with Gasteiger partial charge in [0.15, 0.2) is 5.65 Å². The highest BCUT2D eigenvalue weighted by molar-refractivity contribution is 6.30. The molecule has 8 heteroatoms. The molecule has 0 aliphatic rings. The van der Waals surface area contributed by atoms with Crippen molar-refractivity contribution >= 4 is 34.9 Å². The van der Waals surface area contributed by atoms with Crippen molar-refractivity contribution in [3.05, 3.63) is 47.9 Å². The average molecular weight is 289 g/mol. The average Bonchev–Trinajstić information content (AvgIpc) is 2.84. The quantitative estimate of drug-likeness (QED) is 0.709. The van der Waals surface area contributed by atoms with Crippen molar-refractivity contribution in [3.63, 3.8) is 0 Å². The second kappa shape index (κ2) is 5.14. The van der Waals surface area contributed by atoms with Crippen LogP contribution in [-0.4, -0.2) is 25.6 Å². The van der Waals surface area contributed by atoms with Crippen molar-refractivity contribution in [3.8, 4) is 0 Å². The van der Waals surface area contributed by atoms with Gasteiger partial charge < -0.3 is 5.32 Å². The van der Waals surface area contributed by atoms with Crippen LogP contribution in [0.5, 0.6) is 0 Å². The summed E-state index contributed by atoms with van der Waals surface area (Å²) in [6.45, 7) is 0. The van der Waals surface area contributed by atoms with Gasteiger partial charge in [0.25, 0.3) is 0 Å². The summed E-state index contributed by atoms with van der Waals surface area (Å²) >= 11 is 6.05. The monoisotopic (exact) mass is 288 g/mol. The summed E-state index contributed by atoms with van der Waals surface area (Å²) in [7, 11) is 0. The Morgan fingerprint density at radius 1 is 1.15 bits per heavy atom. The maximum Gasteiger partial charge on any atom is 0.326 e. The number of anilines is 2. The smallest absolute Gasteiger partial charge is 0.306 e. The van der Waals surface area contributed by atoms with E-state index in [1.165, 1.54) is 10.6 Å². The second-order valence-electron chi connectivity index (χ2n) is 3.89. The van der Waals surface area contributed by atoms with Crippen LogP contribution in [0.2, 0.25) is 5.15 Å². The zero-order chi connectivity index (χ0) is 13.9. The maximum atomic E-state index is 11.9. The van der Waals surface area contributed by atoms with Crippen molar-refractivity contribution in [2.75, 3.05) is 10.6 Å². The maximum absolute atomic E-state index is 11.9. The summed E-state index contributed by atoms with van der Waals surface area (Å²) < 4.78 is 1.53. The van der Waals surface area contributed by atoms with E-state index in [-0.39, 0.29) is 5.95 Å². The van der Waals surface area contributed by atoms with E-state index >= 15 is 0 Å². The predicted octanol–water partition coefficient (Wildman–Crippen LogP) is 2.42. The molecule has 0 aliphatic heterocycles. The summed E-state index contributed by atoms with van der Waals surface area (Å²) in [5.41, 5.74) is 1.12. The number of carbonyl (C=O) groups excluding carboxylic acids is 1. The van der Waals surface area contributed by atoms with Crippen molar-refractivity contribution < 1.29 is 4.79 Å². The SMILES string of the molecule is O=C(Nc1cccnc1)Nc1nnc2cccc(Cl)n12. The topological polar surface area (TPSA) is 84.2 Å². The molecule has 3 aromatic heterocycles. The number of hydrogen-bond donors (Lipinski definition) is 2. The molecule has 3 rings (SSSR count). The normalized spacial score (nSPS) is 10.4. The van der Waals surface area contributed by atoms with Crippen LogP contribution in [0, 0.1) is 0 Å². The lowest BCUT2D eigenvalue weighted by atomic mass is 10.4. The number of fused-ring (bicyclic) bond motifs is 1. The zero-order valence-corrected chi connectivity index (χ0v) is 10.9. The number of carbonyl (C=O) groups is 1. The third kappa shape index (κ3) is 2.39. The number of nitrogens with zero attached hydrogens (tertiary/aromatic N) is 4. The van der Waals surface area contributed by atoms with Gasteiger partial charge in [-0.2, -0.15) is 0 Å². The van der Waals surface area contributed by atoms with Crippen molar-refractivity contribution in [2.45, 2.75) is 0 Å². The highest BCUT2D eigenvalue weighted by Gasteiger charge is 2.11. The van der Waals surface area contributed by atoms with Crippen LogP contribution in [-0.2, 0) is 0 Å². The van der Waals surface area contributed by atoms with E-state index in [4.69, 9.17) is 11.6 Å². The molecular weight excluding hydrogens is 280 g/mol. The number of rotatable bonds is 2. The molecule has 0 radical (unpaired) electrons. The molecular formula is C12H9ClN6O. The first-order chi connectivity index (χ1) is 9.74. The molecule has 0 fully saturated rings. The Morgan fingerprint density at radius 3 is 2.85 bits per heavy atom. The van der Waals surface area contributed by atoms with E-state index in [1.807, 2.05) is 0 Å². The van der Waals surface area contributed by atoms with Crippen LogP contribution in [0.1, 0.15) is 0 Å². The van der Waals surface area contributed by atoms with Crippen LogP contribution in [0.3, 0.4) is 0 Å². The van der Waals surface area contributed by atoms with Crippen LogP contribution in [0.4, 0.5) is 16.4 Å². The van der Waals surface area contributed by atoms with Crippen LogP contribution in [0.15, 0.2) is 42.7 Å². The molecule has 2 N–H and O–H groups in total.